The smallest absolute Gasteiger partial charge is 0.326 e. The summed E-state index contributed by atoms with van der Waals surface area (Å²) in [5, 5.41) is 28.8. The Morgan fingerprint density at radius 2 is 1.42 bits per heavy atom. The van der Waals surface area contributed by atoms with Crippen LogP contribution in [0.25, 0.3) is 0 Å². The highest BCUT2D eigenvalue weighted by atomic mass is 32.2. The molecule has 0 fully saturated rings. The summed E-state index contributed by atoms with van der Waals surface area (Å²) in [6.07, 6.45) is 4.11. The number of carbonyl (C=O) groups excluding carboxylic acids is 4. The fourth-order valence-electron chi connectivity index (χ4n) is 3.94. The van der Waals surface area contributed by atoms with E-state index in [1.54, 1.807) is 20.1 Å². The lowest BCUT2D eigenvalue weighted by Crippen LogP contribution is -2.59. The van der Waals surface area contributed by atoms with Gasteiger partial charge in [-0.25, -0.2) is 9.78 Å². The van der Waals surface area contributed by atoms with E-state index < -0.39 is 72.2 Å². The first-order valence-corrected chi connectivity index (χ1v) is 15.4. The molecule has 0 saturated carbocycles. The van der Waals surface area contributed by atoms with Crippen LogP contribution in [-0.2, 0) is 35.2 Å². The van der Waals surface area contributed by atoms with Gasteiger partial charge >= 0.3 is 11.9 Å². The quantitative estimate of drug-likeness (QED) is 0.0926. The topological polar surface area (TPSA) is 246 Å². The van der Waals surface area contributed by atoms with Crippen molar-refractivity contribution < 1.29 is 39.0 Å². The lowest BCUT2D eigenvalue weighted by Gasteiger charge is -2.27. The summed E-state index contributed by atoms with van der Waals surface area (Å²) in [5.41, 5.74) is 6.36. The molecule has 1 aromatic rings. The van der Waals surface area contributed by atoms with Gasteiger partial charge in [-0.2, -0.15) is 11.8 Å². The zero-order valence-electron chi connectivity index (χ0n) is 25.2. The van der Waals surface area contributed by atoms with Crippen molar-refractivity contribution in [3.05, 3.63) is 18.2 Å². The van der Waals surface area contributed by atoms with E-state index in [2.05, 4.69) is 31.2 Å². The van der Waals surface area contributed by atoms with Crippen molar-refractivity contribution in [1.29, 1.82) is 0 Å². The lowest BCUT2D eigenvalue weighted by molar-refractivity contribution is -0.143. The molecule has 15 nitrogen and oxygen atoms in total. The van der Waals surface area contributed by atoms with Gasteiger partial charge in [0.25, 0.3) is 0 Å². The van der Waals surface area contributed by atoms with Gasteiger partial charge in [-0.3, -0.25) is 24.0 Å². The van der Waals surface area contributed by atoms with Gasteiger partial charge in [-0.05, 0) is 43.1 Å². The van der Waals surface area contributed by atoms with E-state index in [0.717, 1.165) is 0 Å². The van der Waals surface area contributed by atoms with Gasteiger partial charge in [0, 0.05) is 19.0 Å². The molecule has 0 radical (unpaired) electrons. The third-order valence-electron chi connectivity index (χ3n) is 6.47. The molecule has 9 N–H and O–H groups in total. The maximum atomic E-state index is 13.5. The molecule has 1 aromatic heterocycles. The average molecular weight is 628 g/mol. The minimum Gasteiger partial charge on any atom is -0.481 e. The summed E-state index contributed by atoms with van der Waals surface area (Å²) >= 11 is 1.39. The molecule has 1 heterocycles. The lowest BCUT2D eigenvalue weighted by atomic mass is 10.00. The molecule has 5 atom stereocenters. The molecule has 0 bridgehead atoms. The summed E-state index contributed by atoms with van der Waals surface area (Å²) in [6.45, 7) is 7.25. The number of nitrogens with two attached hydrogens (primary N) is 1. The van der Waals surface area contributed by atoms with Gasteiger partial charge in [-0.15, -0.1) is 0 Å². The van der Waals surface area contributed by atoms with Gasteiger partial charge < -0.3 is 42.2 Å². The van der Waals surface area contributed by atoms with Crippen molar-refractivity contribution in [2.24, 2.45) is 17.6 Å². The first-order valence-electron chi connectivity index (χ1n) is 14.0. The predicted molar refractivity (Wildman–Crippen MR) is 160 cm³/mol. The van der Waals surface area contributed by atoms with E-state index in [-0.39, 0.29) is 37.5 Å². The van der Waals surface area contributed by atoms with Crippen molar-refractivity contribution in [1.82, 2.24) is 31.2 Å². The maximum Gasteiger partial charge on any atom is 0.326 e. The summed E-state index contributed by atoms with van der Waals surface area (Å²) in [6, 6.07) is -5.82. The fraction of sp³-hybridized carbons (Fsp3) is 0.667. The number of carboxylic acids is 2. The van der Waals surface area contributed by atoms with E-state index in [9.17, 15) is 39.0 Å². The van der Waals surface area contributed by atoms with E-state index in [1.807, 2.05) is 13.8 Å². The molecule has 242 valence electrons. The molecule has 0 saturated heterocycles. The summed E-state index contributed by atoms with van der Waals surface area (Å²) in [7, 11) is 0. The molecule has 5 unspecified atom stereocenters. The fourth-order valence-corrected chi connectivity index (χ4v) is 4.41. The molecule has 0 aromatic carbocycles. The number of hydrogen-bond donors (Lipinski definition) is 8. The first kappa shape index (κ1) is 37.4. The van der Waals surface area contributed by atoms with E-state index in [4.69, 9.17) is 5.73 Å². The molecule has 0 spiro atoms. The standard InChI is InChI=1S/C27H45N7O8S/c1-14(2)10-19(34-26(40)22(28)15(3)4)24(38)33-20(11-16-12-29-13-30-16)25(39)31-17(6-7-21(35)36)23(37)32-18(27(41)42)8-9-43-5/h12-15,17-20,22H,6-11,28H2,1-5H3,(H,29,30)(H,31,39)(H,32,37)(H,33,38)(H,34,40)(H,35,36)(H,41,42). The Balaban J connectivity index is 3.23. The SMILES string of the molecule is CSCCC(NC(=O)C(CCC(=O)O)NC(=O)C(Cc1c[nH]cn1)NC(=O)C(CC(C)C)NC(=O)C(N)C(C)C)C(=O)O. The molecule has 4 amide bonds. The normalized spacial score (nSPS) is 14.7. The summed E-state index contributed by atoms with van der Waals surface area (Å²) < 4.78 is 0. The van der Waals surface area contributed by atoms with Crippen LogP contribution in [0.1, 0.15) is 59.1 Å². The molecule has 16 heteroatoms. The number of rotatable bonds is 20. The van der Waals surface area contributed by atoms with Crippen LogP contribution in [0.2, 0.25) is 0 Å². The third kappa shape index (κ3) is 13.9. The highest BCUT2D eigenvalue weighted by Crippen LogP contribution is 2.10. The van der Waals surface area contributed by atoms with Crippen LogP contribution in [0.4, 0.5) is 0 Å². The number of H-pyrrole nitrogens is 1. The largest absolute Gasteiger partial charge is 0.481 e. The first-order chi connectivity index (χ1) is 20.2. The van der Waals surface area contributed by atoms with Crippen LogP contribution < -0.4 is 27.0 Å². The second-order valence-electron chi connectivity index (χ2n) is 11.0. The van der Waals surface area contributed by atoms with Crippen molar-refractivity contribution in [3.8, 4) is 0 Å². The van der Waals surface area contributed by atoms with Crippen molar-refractivity contribution in [3.63, 3.8) is 0 Å². The molecular formula is C27H45N7O8S. The number of nitrogens with one attached hydrogen (secondary N) is 5. The van der Waals surface area contributed by atoms with Crippen LogP contribution in [0.5, 0.6) is 0 Å². The molecule has 0 aliphatic rings. The number of imidazole rings is 1. The number of aliphatic carboxylic acids is 2. The monoisotopic (exact) mass is 627 g/mol. The number of thioether (sulfide) groups is 1. The molecule has 0 aliphatic carbocycles. The Morgan fingerprint density at radius 3 is 1.93 bits per heavy atom. The van der Waals surface area contributed by atoms with Gasteiger partial charge in [0.2, 0.25) is 23.6 Å². The number of carboxylic acid groups (broad SMARTS) is 2. The second-order valence-corrected chi connectivity index (χ2v) is 11.9. The molecule has 43 heavy (non-hydrogen) atoms. The van der Waals surface area contributed by atoms with Crippen molar-refractivity contribution >= 4 is 47.3 Å². The molecule has 1 rings (SSSR count). The molecule has 0 aliphatic heterocycles. The van der Waals surface area contributed by atoms with Crippen LogP contribution in [0, 0.1) is 11.8 Å². The van der Waals surface area contributed by atoms with Crippen LogP contribution in [0.15, 0.2) is 12.5 Å². The van der Waals surface area contributed by atoms with E-state index >= 15 is 0 Å². The van der Waals surface area contributed by atoms with Gasteiger partial charge in [0.1, 0.15) is 24.2 Å². The Labute approximate surface area is 255 Å². The zero-order chi connectivity index (χ0) is 32.7. The van der Waals surface area contributed by atoms with E-state index in [0.29, 0.717) is 11.4 Å². The highest BCUT2D eigenvalue weighted by Gasteiger charge is 2.33. The Kier molecular flexibility index (Phi) is 16.3. The second kappa shape index (κ2) is 18.8. The Morgan fingerprint density at radius 1 is 0.860 bits per heavy atom. The number of aromatic amines is 1. The number of nitrogens with zero attached hydrogens (tertiary/aromatic N) is 1. The number of hydrogen-bond acceptors (Lipinski definition) is 9. The minimum atomic E-state index is -1.41. The van der Waals surface area contributed by atoms with Gasteiger partial charge in [0.15, 0.2) is 0 Å². The minimum absolute atomic E-state index is 0.0117. The Bertz CT molecular complexity index is 1080. The van der Waals surface area contributed by atoms with Crippen molar-refractivity contribution in [2.75, 3.05) is 12.0 Å². The highest BCUT2D eigenvalue weighted by molar-refractivity contribution is 7.98. The van der Waals surface area contributed by atoms with Crippen molar-refractivity contribution in [2.45, 2.75) is 90.0 Å². The predicted octanol–water partition coefficient (Wildman–Crippen LogP) is -0.377. The van der Waals surface area contributed by atoms with Crippen LogP contribution >= 0.6 is 11.8 Å². The zero-order valence-corrected chi connectivity index (χ0v) is 26.0. The number of carbonyl (C=O) groups is 6. The summed E-state index contributed by atoms with van der Waals surface area (Å²) in [4.78, 5) is 82.4. The Hall–Kier alpha value is -3.66. The summed E-state index contributed by atoms with van der Waals surface area (Å²) in [5.74, 6) is -5.14. The van der Waals surface area contributed by atoms with E-state index in [1.165, 1.54) is 24.3 Å². The number of amides is 4. The van der Waals surface area contributed by atoms with Gasteiger partial charge in [0.05, 0.1) is 18.1 Å². The van der Waals surface area contributed by atoms with Crippen LogP contribution in [-0.4, -0.2) is 98.0 Å². The van der Waals surface area contributed by atoms with Gasteiger partial charge in [-0.1, -0.05) is 27.7 Å². The van der Waals surface area contributed by atoms with Crippen LogP contribution in [0.3, 0.4) is 0 Å². The average Bonchev–Trinajstić information content (AvgIpc) is 3.44. The molecular weight excluding hydrogens is 582 g/mol. The maximum absolute atomic E-state index is 13.5. The third-order valence-corrected chi connectivity index (χ3v) is 7.11. The number of aromatic nitrogens is 2.